The Balaban J connectivity index is 2.79. The summed E-state index contributed by atoms with van der Waals surface area (Å²) in [6.45, 7) is 4.05. The lowest BCUT2D eigenvalue weighted by Crippen LogP contribution is -2.49. The molecule has 0 aromatic carbocycles. The van der Waals surface area contributed by atoms with E-state index in [1.54, 1.807) is 0 Å². The molecule has 0 aromatic heterocycles. The summed E-state index contributed by atoms with van der Waals surface area (Å²) in [5.41, 5.74) is -0.527. The van der Waals surface area contributed by atoms with E-state index >= 15 is 0 Å². The summed E-state index contributed by atoms with van der Waals surface area (Å²) in [4.78, 5) is 34.1. The maximum absolute atomic E-state index is 12.4. The van der Waals surface area contributed by atoms with Crippen molar-refractivity contribution in [3.63, 3.8) is 0 Å². The topological polar surface area (TPSA) is 104 Å². The Kier molecular flexibility index (Phi) is 5.53. The van der Waals surface area contributed by atoms with Crippen LogP contribution in [0.25, 0.3) is 0 Å². The molecule has 3 N–H and O–H groups in total. The minimum Gasteiger partial charge on any atom is -0.481 e. The lowest BCUT2D eigenvalue weighted by atomic mass is 9.77. The maximum Gasteiger partial charge on any atom is 0.326 e. The number of carbonyl (C=O) groups is 3. The van der Waals surface area contributed by atoms with Gasteiger partial charge in [-0.1, -0.05) is 26.7 Å². The highest BCUT2D eigenvalue weighted by molar-refractivity contribution is 5.89. The van der Waals surface area contributed by atoms with E-state index in [0.717, 1.165) is 25.7 Å². The van der Waals surface area contributed by atoms with E-state index in [9.17, 15) is 14.4 Å². The summed E-state index contributed by atoms with van der Waals surface area (Å²) in [7, 11) is 0. The Hall–Kier alpha value is -1.59. The minimum absolute atomic E-state index is 0.308. The molecule has 6 nitrogen and oxygen atoms in total. The van der Waals surface area contributed by atoms with Crippen molar-refractivity contribution in [1.29, 1.82) is 0 Å². The van der Waals surface area contributed by atoms with Crippen molar-refractivity contribution in [3.05, 3.63) is 0 Å². The van der Waals surface area contributed by atoms with E-state index in [1.807, 2.05) is 13.8 Å². The van der Waals surface area contributed by atoms with Crippen molar-refractivity contribution in [1.82, 2.24) is 5.32 Å². The Morgan fingerprint density at radius 2 is 1.70 bits per heavy atom. The number of carboxylic acid groups (broad SMARTS) is 2. The van der Waals surface area contributed by atoms with Crippen LogP contribution in [0.5, 0.6) is 0 Å². The molecule has 1 atom stereocenters. The molecule has 0 saturated heterocycles. The molecule has 1 aliphatic rings. The molecule has 20 heavy (non-hydrogen) atoms. The van der Waals surface area contributed by atoms with Crippen LogP contribution in [-0.2, 0) is 14.4 Å². The second kappa shape index (κ2) is 6.72. The quantitative estimate of drug-likeness (QED) is 0.659. The van der Waals surface area contributed by atoms with Crippen LogP contribution >= 0.6 is 0 Å². The predicted octanol–water partition coefficient (Wildman–Crippen LogP) is 1.64. The number of hydrogen-bond donors (Lipinski definition) is 3. The SMILES string of the molecule is CC(C)CC1(C(=O)N[C@H](CC(=O)O)C(=O)O)CCCC1. The first-order valence-corrected chi connectivity index (χ1v) is 7.02. The average molecular weight is 285 g/mol. The van der Waals surface area contributed by atoms with Crippen molar-refractivity contribution < 1.29 is 24.6 Å². The zero-order valence-corrected chi connectivity index (χ0v) is 12.0. The van der Waals surface area contributed by atoms with Gasteiger partial charge < -0.3 is 15.5 Å². The lowest BCUT2D eigenvalue weighted by molar-refractivity contribution is -0.148. The van der Waals surface area contributed by atoms with Crippen molar-refractivity contribution >= 4 is 17.8 Å². The van der Waals surface area contributed by atoms with Gasteiger partial charge in [0.1, 0.15) is 6.04 Å². The van der Waals surface area contributed by atoms with Gasteiger partial charge in [0.15, 0.2) is 0 Å². The smallest absolute Gasteiger partial charge is 0.326 e. The summed E-state index contributed by atoms with van der Waals surface area (Å²) in [6.07, 6.45) is 3.51. The Bertz CT molecular complexity index is 385. The third kappa shape index (κ3) is 4.21. The lowest BCUT2D eigenvalue weighted by Gasteiger charge is -2.30. The highest BCUT2D eigenvalue weighted by Crippen LogP contribution is 2.43. The fraction of sp³-hybridized carbons (Fsp3) is 0.786. The van der Waals surface area contributed by atoms with Crippen molar-refractivity contribution in [2.75, 3.05) is 0 Å². The van der Waals surface area contributed by atoms with Gasteiger partial charge in [-0.3, -0.25) is 9.59 Å². The van der Waals surface area contributed by atoms with Crippen LogP contribution in [0.15, 0.2) is 0 Å². The number of carboxylic acids is 2. The molecule has 0 radical (unpaired) electrons. The third-order valence-corrected chi connectivity index (χ3v) is 3.82. The zero-order chi connectivity index (χ0) is 15.3. The Morgan fingerprint density at radius 3 is 2.10 bits per heavy atom. The Morgan fingerprint density at radius 1 is 1.15 bits per heavy atom. The molecular weight excluding hydrogens is 262 g/mol. The van der Waals surface area contributed by atoms with E-state index in [0.29, 0.717) is 12.3 Å². The number of nitrogens with one attached hydrogen (secondary N) is 1. The van der Waals surface area contributed by atoms with Gasteiger partial charge in [0.25, 0.3) is 0 Å². The molecule has 1 rings (SSSR count). The van der Waals surface area contributed by atoms with E-state index in [-0.39, 0.29) is 5.91 Å². The normalized spacial score (nSPS) is 18.8. The van der Waals surface area contributed by atoms with Crippen LogP contribution in [-0.4, -0.2) is 34.1 Å². The van der Waals surface area contributed by atoms with E-state index in [4.69, 9.17) is 10.2 Å². The van der Waals surface area contributed by atoms with Gasteiger partial charge in [0.2, 0.25) is 5.91 Å². The number of hydrogen-bond acceptors (Lipinski definition) is 3. The van der Waals surface area contributed by atoms with Gasteiger partial charge in [-0.25, -0.2) is 4.79 Å². The maximum atomic E-state index is 12.4. The van der Waals surface area contributed by atoms with E-state index in [1.165, 1.54) is 0 Å². The molecule has 1 fully saturated rings. The number of aliphatic carboxylic acids is 2. The number of rotatable bonds is 7. The molecule has 0 spiro atoms. The van der Waals surface area contributed by atoms with Gasteiger partial charge in [-0.05, 0) is 25.2 Å². The average Bonchev–Trinajstić information content (AvgIpc) is 2.76. The molecule has 0 aliphatic heterocycles. The van der Waals surface area contributed by atoms with Crippen LogP contribution in [0.4, 0.5) is 0 Å². The van der Waals surface area contributed by atoms with Gasteiger partial charge in [0, 0.05) is 5.41 Å². The van der Waals surface area contributed by atoms with Gasteiger partial charge in [0.05, 0.1) is 6.42 Å². The fourth-order valence-corrected chi connectivity index (χ4v) is 3.04. The molecule has 1 amide bonds. The molecule has 6 heteroatoms. The van der Waals surface area contributed by atoms with Crippen molar-refractivity contribution in [3.8, 4) is 0 Å². The van der Waals surface area contributed by atoms with Crippen LogP contribution in [0.2, 0.25) is 0 Å². The summed E-state index contributed by atoms with van der Waals surface area (Å²) < 4.78 is 0. The minimum atomic E-state index is -1.36. The van der Waals surface area contributed by atoms with Crippen LogP contribution in [0.1, 0.15) is 52.4 Å². The van der Waals surface area contributed by atoms with Gasteiger partial charge in [-0.2, -0.15) is 0 Å². The standard InChI is InChI=1S/C14H23NO5/c1-9(2)8-14(5-3-4-6-14)13(20)15-10(12(18)19)7-11(16)17/h9-10H,3-8H2,1-2H3,(H,15,20)(H,16,17)(H,18,19)/t10-/m1/s1. The Labute approximate surface area is 118 Å². The summed E-state index contributed by atoms with van der Waals surface area (Å²) in [6, 6.07) is -1.36. The summed E-state index contributed by atoms with van der Waals surface area (Å²) in [5.74, 6) is -2.51. The first-order valence-electron chi connectivity index (χ1n) is 7.02. The summed E-state index contributed by atoms with van der Waals surface area (Å²) in [5, 5.41) is 20.1. The van der Waals surface area contributed by atoms with Gasteiger partial charge >= 0.3 is 11.9 Å². The third-order valence-electron chi connectivity index (χ3n) is 3.82. The molecule has 1 aliphatic carbocycles. The zero-order valence-electron chi connectivity index (χ0n) is 12.0. The second-order valence-electron chi connectivity index (χ2n) is 6.05. The van der Waals surface area contributed by atoms with Crippen molar-refractivity contribution in [2.45, 2.75) is 58.4 Å². The van der Waals surface area contributed by atoms with Crippen LogP contribution < -0.4 is 5.32 Å². The van der Waals surface area contributed by atoms with E-state index in [2.05, 4.69) is 5.32 Å². The largest absolute Gasteiger partial charge is 0.481 e. The molecular formula is C14H23NO5. The molecule has 114 valence electrons. The fourth-order valence-electron chi connectivity index (χ4n) is 3.04. The monoisotopic (exact) mass is 285 g/mol. The first kappa shape index (κ1) is 16.5. The molecule has 0 heterocycles. The second-order valence-corrected chi connectivity index (χ2v) is 6.05. The predicted molar refractivity (Wildman–Crippen MR) is 72.2 cm³/mol. The molecule has 0 unspecified atom stereocenters. The summed E-state index contributed by atoms with van der Waals surface area (Å²) >= 11 is 0. The molecule has 1 saturated carbocycles. The molecule has 0 aromatic rings. The number of amides is 1. The first-order chi connectivity index (χ1) is 9.27. The van der Waals surface area contributed by atoms with Crippen LogP contribution in [0, 0.1) is 11.3 Å². The highest BCUT2D eigenvalue weighted by Gasteiger charge is 2.42. The van der Waals surface area contributed by atoms with E-state index < -0.39 is 29.8 Å². The molecule has 0 bridgehead atoms. The van der Waals surface area contributed by atoms with Crippen molar-refractivity contribution in [2.24, 2.45) is 11.3 Å². The van der Waals surface area contributed by atoms with Crippen LogP contribution in [0.3, 0.4) is 0 Å². The highest BCUT2D eigenvalue weighted by atomic mass is 16.4. The van der Waals surface area contributed by atoms with Gasteiger partial charge in [-0.15, -0.1) is 0 Å². The number of carbonyl (C=O) groups excluding carboxylic acids is 1.